The van der Waals surface area contributed by atoms with Gasteiger partial charge in [-0.15, -0.1) is 10.2 Å². The van der Waals surface area contributed by atoms with E-state index in [0.717, 1.165) is 32.5 Å². The van der Waals surface area contributed by atoms with Gasteiger partial charge in [-0.1, -0.05) is 11.3 Å². The smallest absolute Gasteiger partial charge is 0.148 e. The zero-order valence-corrected chi connectivity index (χ0v) is 11.9. The Kier molecular flexibility index (Phi) is 3.63. The summed E-state index contributed by atoms with van der Waals surface area (Å²) in [7, 11) is 1.70. The van der Waals surface area contributed by atoms with Crippen LogP contribution in [-0.4, -0.2) is 17.3 Å². The number of benzene rings is 1. The van der Waals surface area contributed by atoms with E-state index in [-0.39, 0.29) is 0 Å². The largest absolute Gasteiger partial charge is 0.496 e. The van der Waals surface area contributed by atoms with Crippen molar-refractivity contribution in [3.05, 3.63) is 27.8 Å². The highest BCUT2D eigenvalue weighted by Gasteiger charge is 2.14. The fraction of sp³-hybridized carbons (Fsp3) is 0.385. The monoisotopic (exact) mass is 263 g/mol. The van der Waals surface area contributed by atoms with Gasteiger partial charge in [-0.25, -0.2) is 0 Å². The van der Waals surface area contributed by atoms with Crippen LogP contribution in [0.2, 0.25) is 0 Å². The van der Waals surface area contributed by atoms with Crippen molar-refractivity contribution in [2.24, 2.45) is 5.73 Å². The van der Waals surface area contributed by atoms with E-state index in [2.05, 4.69) is 30.1 Å². The first-order chi connectivity index (χ1) is 8.58. The molecule has 0 aliphatic heterocycles. The molecule has 1 aromatic heterocycles. The minimum atomic E-state index is 0.435. The van der Waals surface area contributed by atoms with Gasteiger partial charge >= 0.3 is 0 Å². The molecule has 2 N–H and O–H groups in total. The lowest BCUT2D eigenvalue weighted by atomic mass is 9.99. The van der Waals surface area contributed by atoms with Crippen molar-refractivity contribution in [1.29, 1.82) is 0 Å². The molecular formula is C13H17N3OS. The molecule has 0 aliphatic carbocycles. The second-order valence-corrected chi connectivity index (χ2v) is 5.29. The standard InChI is InChI=1S/C13H17N3OS/c1-7-5-10(8(2)9(3)12(7)17-4)13-16-15-11(6-14)18-13/h5H,6,14H2,1-4H3. The summed E-state index contributed by atoms with van der Waals surface area (Å²) in [6.45, 7) is 6.62. The topological polar surface area (TPSA) is 61.0 Å². The van der Waals surface area contributed by atoms with E-state index >= 15 is 0 Å². The summed E-state index contributed by atoms with van der Waals surface area (Å²) in [5, 5.41) is 10.0. The van der Waals surface area contributed by atoms with Gasteiger partial charge in [0.25, 0.3) is 0 Å². The third-order valence-corrected chi connectivity index (χ3v) is 4.08. The molecule has 1 aromatic carbocycles. The predicted octanol–water partition coefficient (Wildman–Crippen LogP) is 2.60. The summed E-state index contributed by atoms with van der Waals surface area (Å²) in [6.07, 6.45) is 0. The summed E-state index contributed by atoms with van der Waals surface area (Å²) in [5.74, 6) is 0.944. The van der Waals surface area contributed by atoms with Gasteiger partial charge in [0, 0.05) is 12.1 Å². The molecule has 96 valence electrons. The molecule has 0 unspecified atom stereocenters. The van der Waals surface area contributed by atoms with Crippen molar-refractivity contribution in [3.8, 4) is 16.3 Å². The lowest BCUT2D eigenvalue weighted by molar-refractivity contribution is 0.408. The molecule has 0 bridgehead atoms. The second-order valence-electron chi connectivity index (χ2n) is 4.23. The minimum Gasteiger partial charge on any atom is -0.496 e. The van der Waals surface area contributed by atoms with Gasteiger partial charge in [-0.05, 0) is 43.5 Å². The van der Waals surface area contributed by atoms with Crippen LogP contribution in [0.3, 0.4) is 0 Å². The first-order valence-corrected chi connectivity index (χ1v) is 6.57. The molecule has 0 spiro atoms. The molecular weight excluding hydrogens is 246 g/mol. The van der Waals surface area contributed by atoms with Crippen LogP contribution in [0.1, 0.15) is 21.7 Å². The zero-order chi connectivity index (χ0) is 13.3. The SMILES string of the molecule is COc1c(C)cc(-c2nnc(CN)s2)c(C)c1C. The molecule has 0 aliphatic rings. The fourth-order valence-electron chi connectivity index (χ4n) is 2.04. The van der Waals surface area contributed by atoms with Gasteiger partial charge in [0.05, 0.1) is 7.11 Å². The third-order valence-electron chi connectivity index (χ3n) is 3.10. The van der Waals surface area contributed by atoms with Crippen molar-refractivity contribution >= 4 is 11.3 Å². The van der Waals surface area contributed by atoms with Gasteiger partial charge in [0.15, 0.2) is 0 Å². The quantitative estimate of drug-likeness (QED) is 0.924. The maximum absolute atomic E-state index is 5.57. The fourth-order valence-corrected chi connectivity index (χ4v) is 2.83. The van der Waals surface area contributed by atoms with Crippen LogP contribution in [0.25, 0.3) is 10.6 Å². The predicted molar refractivity (Wildman–Crippen MR) is 74.0 cm³/mol. The van der Waals surface area contributed by atoms with Gasteiger partial charge in [-0.3, -0.25) is 0 Å². The van der Waals surface area contributed by atoms with Crippen LogP contribution in [0.4, 0.5) is 0 Å². The highest BCUT2D eigenvalue weighted by Crippen LogP contribution is 2.35. The molecule has 1 heterocycles. The van der Waals surface area contributed by atoms with Crippen LogP contribution in [-0.2, 0) is 6.54 Å². The number of aryl methyl sites for hydroxylation is 1. The van der Waals surface area contributed by atoms with E-state index in [1.807, 2.05) is 6.92 Å². The zero-order valence-electron chi connectivity index (χ0n) is 11.1. The number of hydrogen-bond donors (Lipinski definition) is 1. The van der Waals surface area contributed by atoms with Crippen molar-refractivity contribution in [2.75, 3.05) is 7.11 Å². The van der Waals surface area contributed by atoms with E-state index < -0.39 is 0 Å². The van der Waals surface area contributed by atoms with Crippen LogP contribution in [0.15, 0.2) is 6.07 Å². The lowest BCUT2D eigenvalue weighted by Crippen LogP contribution is -1.96. The van der Waals surface area contributed by atoms with Crippen LogP contribution >= 0.6 is 11.3 Å². The molecule has 0 fully saturated rings. The molecule has 4 nitrogen and oxygen atoms in total. The number of aromatic nitrogens is 2. The Morgan fingerprint density at radius 3 is 2.50 bits per heavy atom. The lowest BCUT2D eigenvalue weighted by Gasteiger charge is -2.14. The minimum absolute atomic E-state index is 0.435. The maximum Gasteiger partial charge on any atom is 0.148 e. The average Bonchev–Trinajstić information content (AvgIpc) is 2.83. The number of methoxy groups -OCH3 is 1. The van der Waals surface area contributed by atoms with Crippen LogP contribution < -0.4 is 10.5 Å². The van der Waals surface area contributed by atoms with Crippen molar-refractivity contribution < 1.29 is 4.74 Å². The van der Waals surface area contributed by atoms with E-state index in [1.54, 1.807) is 18.4 Å². The second kappa shape index (κ2) is 5.04. The Hall–Kier alpha value is -1.46. The molecule has 2 aromatic rings. The molecule has 0 saturated carbocycles. The molecule has 18 heavy (non-hydrogen) atoms. The highest BCUT2D eigenvalue weighted by atomic mass is 32.1. The summed E-state index contributed by atoms with van der Waals surface area (Å²) in [6, 6.07) is 2.10. The molecule has 0 atom stereocenters. The Labute approximate surface area is 111 Å². The van der Waals surface area contributed by atoms with Crippen molar-refractivity contribution in [1.82, 2.24) is 10.2 Å². The average molecular weight is 263 g/mol. The Balaban J connectivity index is 2.58. The normalized spacial score (nSPS) is 10.7. The van der Waals surface area contributed by atoms with Gasteiger partial charge in [-0.2, -0.15) is 0 Å². The van der Waals surface area contributed by atoms with Gasteiger partial charge in [0.2, 0.25) is 0 Å². The number of nitrogens with two attached hydrogens (primary N) is 1. The maximum atomic E-state index is 5.57. The number of hydrogen-bond acceptors (Lipinski definition) is 5. The van der Waals surface area contributed by atoms with E-state index in [1.165, 1.54) is 5.56 Å². The first-order valence-electron chi connectivity index (χ1n) is 5.76. The van der Waals surface area contributed by atoms with Gasteiger partial charge < -0.3 is 10.5 Å². The number of rotatable bonds is 3. The molecule has 0 amide bonds. The summed E-state index contributed by atoms with van der Waals surface area (Å²) in [4.78, 5) is 0. The molecule has 0 radical (unpaired) electrons. The first kappa shape index (κ1) is 13.0. The molecule has 5 heteroatoms. The van der Waals surface area contributed by atoms with Crippen molar-refractivity contribution in [2.45, 2.75) is 27.3 Å². The summed E-state index contributed by atoms with van der Waals surface area (Å²) in [5.41, 5.74) is 10.1. The number of ether oxygens (including phenoxy) is 1. The van der Waals surface area contributed by atoms with Crippen LogP contribution in [0.5, 0.6) is 5.75 Å². The van der Waals surface area contributed by atoms with Gasteiger partial charge in [0.1, 0.15) is 15.8 Å². The van der Waals surface area contributed by atoms with Crippen molar-refractivity contribution in [3.63, 3.8) is 0 Å². The van der Waals surface area contributed by atoms with E-state index in [4.69, 9.17) is 10.5 Å². The molecule has 0 saturated heterocycles. The highest BCUT2D eigenvalue weighted by molar-refractivity contribution is 7.14. The third kappa shape index (κ3) is 2.11. The molecule has 2 rings (SSSR count). The Bertz CT molecular complexity index is 578. The Morgan fingerprint density at radius 1 is 1.22 bits per heavy atom. The summed E-state index contributed by atoms with van der Waals surface area (Å²) < 4.78 is 5.42. The van der Waals surface area contributed by atoms with Crippen LogP contribution in [0, 0.1) is 20.8 Å². The summed E-state index contributed by atoms with van der Waals surface area (Å²) >= 11 is 1.54. The number of nitrogens with zero attached hydrogens (tertiary/aromatic N) is 2. The van der Waals surface area contributed by atoms with E-state index in [0.29, 0.717) is 6.54 Å². The Morgan fingerprint density at radius 2 is 1.94 bits per heavy atom. The van der Waals surface area contributed by atoms with E-state index in [9.17, 15) is 0 Å².